The lowest BCUT2D eigenvalue weighted by atomic mass is 9.98. The van der Waals surface area contributed by atoms with Crippen LogP contribution < -0.4 is 5.32 Å². The molecule has 0 aromatic rings. The first-order valence-corrected chi connectivity index (χ1v) is 9.33. The van der Waals surface area contributed by atoms with Gasteiger partial charge >= 0.3 is 0 Å². The molecule has 0 radical (unpaired) electrons. The Bertz CT molecular complexity index is 475. The van der Waals surface area contributed by atoms with Crippen LogP contribution in [0.1, 0.15) is 47.0 Å². The highest BCUT2D eigenvalue weighted by atomic mass is 32.2. The summed E-state index contributed by atoms with van der Waals surface area (Å²) in [6.07, 6.45) is 1.90. The maximum atomic E-state index is 12.7. The zero-order chi connectivity index (χ0) is 15.1. The molecule has 2 rings (SSSR count). The number of nitrogens with one attached hydrogen (secondary N) is 1. The molecule has 6 heteroatoms. The molecule has 2 heterocycles. The normalized spacial score (nSPS) is 35.0. The van der Waals surface area contributed by atoms with Crippen LogP contribution in [-0.2, 0) is 14.6 Å². The summed E-state index contributed by atoms with van der Waals surface area (Å²) in [5, 5.41) is 3.46. The van der Waals surface area contributed by atoms with Crippen molar-refractivity contribution in [2.75, 3.05) is 11.5 Å². The van der Waals surface area contributed by atoms with E-state index in [0.717, 1.165) is 6.42 Å². The highest BCUT2D eigenvalue weighted by Gasteiger charge is 2.50. The molecule has 2 atom stereocenters. The largest absolute Gasteiger partial charge is 0.322 e. The smallest absolute Gasteiger partial charge is 0.244 e. The Labute approximate surface area is 122 Å². The van der Waals surface area contributed by atoms with Gasteiger partial charge in [-0.15, -0.1) is 0 Å². The Morgan fingerprint density at radius 1 is 1.35 bits per heavy atom. The van der Waals surface area contributed by atoms with E-state index in [2.05, 4.69) is 19.2 Å². The lowest BCUT2D eigenvalue weighted by Gasteiger charge is -2.36. The summed E-state index contributed by atoms with van der Waals surface area (Å²) in [4.78, 5) is 14.7. The van der Waals surface area contributed by atoms with Crippen molar-refractivity contribution in [1.29, 1.82) is 0 Å². The molecule has 2 saturated heterocycles. The Hall–Kier alpha value is -0.620. The van der Waals surface area contributed by atoms with Crippen molar-refractivity contribution < 1.29 is 13.2 Å². The van der Waals surface area contributed by atoms with E-state index in [4.69, 9.17) is 0 Å². The predicted octanol–water partition coefficient (Wildman–Crippen LogP) is 1.15. The third-order valence-electron chi connectivity index (χ3n) is 4.73. The molecule has 0 spiro atoms. The van der Waals surface area contributed by atoms with Gasteiger partial charge in [-0.05, 0) is 32.1 Å². The molecule has 2 aliphatic heterocycles. The van der Waals surface area contributed by atoms with Gasteiger partial charge in [-0.2, -0.15) is 0 Å². The Kier molecular flexibility index (Phi) is 4.17. The van der Waals surface area contributed by atoms with Gasteiger partial charge in [0.1, 0.15) is 9.84 Å². The molecule has 2 aliphatic rings. The van der Waals surface area contributed by atoms with Crippen molar-refractivity contribution in [2.45, 2.75) is 64.7 Å². The average Bonchev–Trinajstić information content (AvgIpc) is 2.64. The highest BCUT2D eigenvalue weighted by molar-refractivity contribution is 7.91. The van der Waals surface area contributed by atoms with E-state index >= 15 is 0 Å². The van der Waals surface area contributed by atoms with Crippen LogP contribution in [0.2, 0.25) is 0 Å². The molecule has 20 heavy (non-hydrogen) atoms. The molecule has 0 bridgehead atoms. The van der Waals surface area contributed by atoms with Gasteiger partial charge in [0.05, 0.1) is 23.2 Å². The number of hydrogen-bond donors (Lipinski definition) is 1. The molecule has 1 N–H and O–H groups in total. The van der Waals surface area contributed by atoms with Crippen molar-refractivity contribution in [3.8, 4) is 0 Å². The average molecular weight is 302 g/mol. The topological polar surface area (TPSA) is 66.5 Å². The molecule has 1 amide bonds. The van der Waals surface area contributed by atoms with Gasteiger partial charge in [0.25, 0.3) is 0 Å². The summed E-state index contributed by atoms with van der Waals surface area (Å²) in [5.74, 6) is 0.846. The number of carbonyl (C=O) groups is 1. The van der Waals surface area contributed by atoms with Crippen LogP contribution in [0, 0.1) is 5.92 Å². The van der Waals surface area contributed by atoms with Gasteiger partial charge in [0.15, 0.2) is 0 Å². The number of sulfone groups is 1. The molecule has 0 aromatic heterocycles. The van der Waals surface area contributed by atoms with E-state index in [9.17, 15) is 13.2 Å². The van der Waals surface area contributed by atoms with Gasteiger partial charge in [0, 0.05) is 6.04 Å². The fourth-order valence-corrected chi connectivity index (χ4v) is 4.63. The standard InChI is InChI=1S/C14H26N2O3S/c1-5-14(4)13(17)16(12(15-14)10(2)3)11-6-8-20(18,19)9-7-11/h10-12,15H,5-9H2,1-4H3. The predicted molar refractivity (Wildman–Crippen MR) is 79.0 cm³/mol. The van der Waals surface area contributed by atoms with Crippen molar-refractivity contribution in [1.82, 2.24) is 10.2 Å². The molecule has 0 aromatic carbocycles. The number of carbonyl (C=O) groups excluding carboxylic acids is 1. The van der Waals surface area contributed by atoms with E-state index < -0.39 is 15.4 Å². The van der Waals surface area contributed by atoms with Crippen molar-refractivity contribution in [3.63, 3.8) is 0 Å². The molecule has 5 nitrogen and oxygen atoms in total. The second-order valence-electron chi connectivity index (χ2n) is 6.61. The van der Waals surface area contributed by atoms with Crippen LogP contribution in [0.15, 0.2) is 0 Å². The maximum absolute atomic E-state index is 12.7. The van der Waals surface area contributed by atoms with Gasteiger partial charge in [-0.25, -0.2) is 8.42 Å². The van der Waals surface area contributed by atoms with Gasteiger partial charge in [-0.3, -0.25) is 10.1 Å². The highest BCUT2D eigenvalue weighted by Crippen LogP contribution is 2.32. The second kappa shape index (κ2) is 5.30. The fourth-order valence-electron chi connectivity index (χ4n) is 3.16. The first-order valence-electron chi connectivity index (χ1n) is 7.51. The third kappa shape index (κ3) is 2.72. The first-order chi connectivity index (χ1) is 9.20. The Morgan fingerprint density at radius 3 is 2.35 bits per heavy atom. The maximum Gasteiger partial charge on any atom is 0.244 e. The summed E-state index contributed by atoms with van der Waals surface area (Å²) < 4.78 is 23.1. The van der Waals surface area contributed by atoms with E-state index in [0.29, 0.717) is 18.8 Å². The summed E-state index contributed by atoms with van der Waals surface area (Å²) in [6.45, 7) is 8.15. The Morgan fingerprint density at radius 2 is 1.90 bits per heavy atom. The van der Waals surface area contributed by atoms with E-state index in [-0.39, 0.29) is 29.6 Å². The van der Waals surface area contributed by atoms with Crippen molar-refractivity contribution >= 4 is 15.7 Å². The molecule has 0 aliphatic carbocycles. The fraction of sp³-hybridized carbons (Fsp3) is 0.929. The van der Waals surface area contributed by atoms with Crippen LogP contribution in [0.25, 0.3) is 0 Å². The lowest BCUT2D eigenvalue weighted by Crippen LogP contribution is -2.50. The number of hydrogen-bond acceptors (Lipinski definition) is 4. The number of rotatable bonds is 3. The SMILES string of the molecule is CCC1(C)NC(C(C)C)N(C2CCS(=O)(=O)CC2)C1=O. The van der Waals surface area contributed by atoms with Gasteiger partial charge < -0.3 is 4.90 Å². The molecule has 116 valence electrons. The first kappa shape index (κ1) is 15.8. The van der Waals surface area contributed by atoms with Gasteiger partial charge in [-0.1, -0.05) is 20.8 Å². The minimum atomic E-state index is -2.89. The van der Waals surface area contributed by atoms with Crippen LogP contribution in [0.4, 0.5) is 0 Å². The minimum Gasteiger partial charge on any atom is -0.322 e. The van der Waals surface area contributed by atoms with E-state index in [1.54, 1.807) is 0 Å². The quantitative estimate of drug-likeness (QED) is 0.849. The Balaban J connectivity index is 2.22. The molecule has 0 saturated carbocycles. The second-order valence-corrected chi connectivity index (χ2v) is 8.92. The van der Waals surface area contributed by atoms with E-state index in [1.807, 2.05) is 18.7 Å². The summed E-state index contributed by atoms with van der Waals surface area (Å²) >= 11 is 0. The number of amides is 1. The zero-order valence-electron chi connectivity index (χ0n) is 12.8. The lowest BCUT2D eigenvalue weighted by molar-refractivity contribution is -0.135. The van der Waals surface area contributed by atoms with Crippen LogP contribution in [0.5, 0.6) is 0 Å². The molecule has 2 fully saturated rings. The zero-order valence-corrected chi connectivity index (χ0v) is 13.7. The molecular weight excluding hydrogens is 276 g/mol. The molecular formula is C14H26N2O3S. The third-order valence-corrected chi connectivity index (χ3v) is 6.44. The van der Waals surface area contributed by atoms with Crippen molar-refractivity contribution in [3.05, 3.63) is 0 Å². The van der Waals surface area contributed by atoms with E-state index in [1.165, 1.54) is 0 Å². The van der Waals surface area contributed by atoms with Crippen LogP contribution >= 0.6 is 0 Å². The van der Waals surface area contributed by atoms with Crippen LogP contribution in [-0.4, -0.2) is 48.5 Å². The summed E-state index contributed by atoms with van der Waals surface area (Å²) in [5.41, 5.74) is -0.509. The summed E-state index contributed by atoms with van der Waals surface area (Å²) in [7, 11) is -2.89. The van der Waals surface area contributed by atoms with Crippen molar-refractivity contribution in [2.24, 2.45) is 5.92 Å². The summed E-state index contributed by atoms with van der Waals surface area (Å²) in [6, 6.07) is 0.0549. The van der Waals surface area contributed by atoms with Crippen LogP contribution in [0.3, 0.4) is 0 Å². The van der Waals surface area contributed by atoms with Gasteiger partial charge in [0.2, 0.25) is 5.91 Å². The monoisotopic (exact) mass is 302 g/mol. The minimum absolute atomic E-state index is 0.0123. The number of nitrogens with zero attached hydrogens (tertiary/aromatic N) is 1. The molecule has 2 unspecified atom stereocenters.